The van der Waals surface area contributed by atoms with Crippen LogP contribution >= 0.6 is 0 Å². The molecule has 0 fully saturated rings. The monoisotopic (exact) mass is 206 g/mol. The Morgan fingerprint density at radius 2 is 2.07 bits per heavy atom. The van der Waals surface area contributed by atoms with E-state index in [4.69, 9.17) is 0 Å². The van der Waals surface area contributed by atoms with Gasteiger partial charge in [0.2, 0.25) is 5.91 Å². The van der Waals surface area contributed by atoms with Crippen molar-refractivity contribution in [2.24, 2.45) is 0 Å². The Morgan fingerprint density at radius 3 is 2.73 bits per heavy atom. The summed E-state index contributed by atoms with van der Waals surface area (Å²) in [6.07, 6.45) is 0.451. The lowest BCUT2D eigenvalue weighted by molar-refractivity contribution is -0.120. The van der Waals surface area contributed by atoms with Crippen LogP contribution in [0.25, 0.3) is 0 Å². The zero-order valence-corrected chi connectivity index (χ0v) is 9.34. The summed E-state index contributed by atoms with van der Waals surface area (Å²) in [5.41, 5.74) is 2.11. The van der Waals surface area contributed by atoms with Crippen LogP contribution in [0.3, 0.4) is 0 Å². The van der Waals surface area contributed by atoms with Gasteiger partial charge in [0.1, 0.15) is 0 Å². The van der Waals surface area contributed by atoms with Gasteiger partial charge in [0.05, 0.1) is 6.42 Å². The molecule has 2 N–H and O–H groups in total. The molecular weight excluding hydrogens is 188 g/mol. The molecule has 15 heavy (non-hydrogen) atoms. The molecule has 0 bridgehead atoms. The van der Waals surface area contributed by atoms with E-state index in [-0.39, 0.29) is 5.91 Å². The molecule has 1 aromatic carbocycles. The van der Waals surface area contributed by atoms with E-state index >= 15 is 0 Å². The molecule has 0 saturated heterocycles. The van der Waals surface area contributed by atoms with Crippen LogP contribution in [0.5, 0.6) is 0 Å². The van der Waals surface area contributed by atoms with Crippen molar-refractivity contribution in [3.05, 3.63) is 29.8 Å². The summed E-state index contributed by atoms with van der Waals surface area (Å²) in [5.74, 6) is 0.0751. The lowest BCUT2D eigenvalue weighted by Crippen LogP contribution is -2.24. The van der Waals surface area contributed by atoms with Crippen molar-refractivity contribution in [2.45, 2.75) is 20.3 Å². The van der Waals surface area contributed by atoms with Crippen LogP contribution in [-0.4, -0.2) is 19.0 Å². The number of hydrogen-bond acceptors (Lipinski definition) is 2. The predicted octanol–water partition coefficient (Wildman–Crippen LogP) is 1.80. The second-order valence-electron chi connectivity index (χ2n) is 3.36. The van der Waals surface area contributed by atoms with Crippen molar-refractivity contribution in [3.63, 3.8) is 0 Å². The highest BCUT2D eigenvalue weighted by atomic mass is 16.1. The van der Waals surface area contributed by atoms with Crippen LogP contribution in [0.4, 0.5) is 5.69 Å². The number of benzene rings is 1. The number of carbonyl (C=O) groups excluding carboxylic acids is 1. The van der Waals surface area contributed by atoms with Gasteiger partial charge in [-0.3, -0.25) is 4.79 Å². The standard InChI is InChI=1S/C12H18N2O/c1-3-13-11-7-5-6-10(8-11)9-12(15)14-4-2/h5-8,13H,3-4,9H2,1-2H3,(H,14,15). The van der Waals surface area contributed by atoms with Gasteiger partial charge in [0, 0.05) is 18.8 Å². The molecule has 0 radical (unpaired) electrons. The number of carbonyl (C=O) groups is 1. The summed E-state index contributed by atoms with van der Waals surface area (Å²) in [4.78, 5) is 11.4. The summed E-state index contributed by atoms with van der Waals surface area (Å²) in [5, 5.41) is 6.01. The Morgan fingerprint density at radius 1 is 1.27 bits per heavy atom. The van der Waals surface area contributed by atoms with Crippen molar-refractivity contribution in [1.82, 2.24) is 5.32 Å². The van der Waals surface area contributed by atoms with E-state index in [9.17, 15) is 4.79 Å². The Kier molecular flexibility index (Phi) is 4.68. The van der Waals surface area contributed by atoms with E-state index in [0.29, 0.717) is 13.0 Å². The molecule has 1 amide bonds. The van der Waals surface area contributed by atoms with Crippen LogP contribution < -0.4 is 10.6 Å². The minimum atomic E-state index is 0.0751. The van der Waals surface area contributed by atoms with Gasteiger partial charge in [0.25, 0.3) is 0 Å². The Balaban J connectivity index is 2.60. The maximum Gasteiger partial charge on any atom is 0.224 e. The number of rotatable bonds is 5. The third kappa shape index (κ3) is 4.02. The number of likely N-dealkylation sites (N-methyl/N-ethyl adjacent to an activating group) is 1. The minimum Gasteiger partial charge on any atom is -0.385 e. The third-order valence-electron chi connectivity index (χ3n) is 2.05. The quantitative estimate of drug-likeness (QED) is 0.771. The summed E-state index contributed by atoms with van der Waals surface area (Å²) >= 11 is 0. The fourth-order valence-electron chi connectivity index (χ4n) is 1.44. The second kappa shape index (κ2) is 6.06. The number of amides is 1. The van der Waals surface area contributed by atoms with Crippen LogP contribution in [-0.2, 0) is 11.2 Å². The average Bonchev–Trinajstić information content (AvgIpc) is 2.19. The first-order chi connectivity index (χ1) is 7.26. The van der Waals surface area contributed by atoms with Crippen LogP contribution in [0.1, 0.15) is 19.4 Å². The van der Waals surface area contributed by atoms with Gasteiger partial charge in [0.15, 0.2) is 0 Å². The Bertz CT molecular complexity index is 323. The minimum absolute atomic E-state index is 0.0751. The van der Waals surface area contributed by atoms with E-state index in [1.165, 1.54) is 0 Å². The number of hydrogen-bond donors (Lipinski definition) is 2. The molecule has 3 heteroatoms. The fraction of sp³-hybridized carbons (Fsp3) is 0.417. The topological polar surface area (TPSA) is 41.1 Å². The first-order valence-electron chi connectivity index (χ1n) is 5.35. The zero-order chi connectivity index (χ0) is 11.1. The van der Waals surface area contributed by atoms with Gasteiger partial charge in [-0.1, -0.05) is 12.1 Å². The van der Waals surface area contributed by atoms with Crippen molar-refractivity contribution in [1.29, 1.82) is 0 Å². The smallest absolute Gasteiger partial charge is 0.224 e. The van der Waals surface area contributed by atoms with Crippen LogP contribution in [0.15, 0.2) is 24.3 Å². The van der Waals surface area contributed by atoms with Gasteiger partial charge in [-0.2, -0.15) is 0 Å². The predicted molar refractivity (Wildman–Crippen MR) is 63.0 cm³/mol. The number of nitrogens with one attached hydrogen (secondary N) is 2. The van der Waals surface area contributed by atoms with Gasteiger partial charge in [-0.15, -0.1) is 0 Å². The summed E-state index contributed by atoms with van der Waals surface area (Å²) < 4.78 is 0. The van der Waals surface area contributed by atoms with Crippen molar-refractivity contribution >= 4 is 11.6 Å². The van der Waals surface area contributed by atoms with Gasteiger partial charge < -0.3 is 10.6 Å². The first kappa shape index (κ1) is 11.6. The van der Waals surface area contributed by atoms with Gasteiger partial charge in [-0.25, -0.2) is 0 Å². The molecule has 0 saturated carbocycles. The highest BCUT2D eigenvalue weighted by molar-refractivity contribution is 5.78. The van der Waals surface area contributed by atoms with Gasteiger partial charge in [-0.05, 0) is 31.5 Å². The van der Waals surface area contributed by atoms with Crippen molar-refractivity contribution in [2.75, 3.05) is 18.4 Å². The first-order valence-corrected chi connectivity index (χ1v) is 5.35. The fourth-order valence-corrected chi connectivity index (χ4v) is 1.44. The molecule has 82 valence electrons. The molecule has 0 unspecified atom stereocenters. The molecule has 1 aromatic rings. The maximum absolute atomic E-state index is 11.4. The van der Waals surface area contributed by atoms with E-state index in [1.54, 1.807) is 0 Å². The van der Waals surface area contributed by atoms with E-state index in [0.717, 1.165) is 17.8 Å². The SMILES string of the molecule is CCNC(=O)Cc1cccc(NCC)c1. The molecular formula is C12H18N2O. The van der Waals surface area contributed by atoms with Crippen molar-refractivity contribution in [3.8, 4) is 0 Å². The summed E-state index contributed by atoms with van der Waals surface area (Å²) in [6, 6.07) is 7.95. The molecule has 0 atom stereocenters. The normalized spacial score (nSPS) is 9.73. The zero-order valence-electron chi connectivity index (χ0n) is 9.34. The van der Waals surface area contributed by atoms with Gasteiger partial charge >= 0.3 is 0 Å². The second-order valence-corrected chi connectivity index (χ2v) is 3.36. The molecule has 3 nitrogen and oxygen atoms in total. The third-order valence-corrected chi connectivity index (χ3v) is 2.05. The largest absolute Gasteiger partial charge is 0.385 e. The van der Waals surface area contributed by atoms with Crippen LogP contribution in [0, 0.1) is 0 Å². The molecule has 0 spiro atoms. The van der Waals surface area contributed by atoms with E-state index in [1.807, 2.05) is 31.2 Å². The van der Waals surface area contributed by atoms with E-state index < -0.39 is 0 Å². The highest BCUT2D eigenvalue weighted by Gasteiger charge is 2.01. The molecule has 0 aromatic heterocycles. The Labute approximate surface area is 90.9 Å². The average molecular weight is 206 g/mol. The number of anilines is 1. The maximum atomic E-state index is 11.4. The molecule has 0 aliphatic rings. The summed E-state index contributed by atoms with van der Waals surface area (Å²) in [7, 11) is 0. The lowest BCUT2D eigenvalue weighted by atomic mass is 10.1. The molecule has 1 rings (SSSR count). The van der Waals surface area contributed by atoms with E-state index in [2.05, 4.69) is 17.6 Å². The molecule has 0 heterocycles. The molecule has 0 aliphatic carbocycles. The lowest BCUT2D eigenvalue weighted by Gasteiger charge is -2.06. The highest BCUT2D eigenvalue weighted by Crippen LogP contribution is 2.10. The van der Waals surface area contributed by atoms with Crippen LogP contribution in [0.2, 0.25) is 0 Å². The van der Waals surface area contributed by atoms with Crippen molar-refractivity contribution < 1.29 is 4.79 Å². The Hall–Kier alpha value is -1.51. The summed E-state index contributed by atoms with van der Waals surface area (Å²) in [6.45, 7) is 5.56. The molecule has 0 aliphatic heterocycles.